The Morgan fingerprint density at radius 2 is 1.83 bits per heavy atom. The summed E-state index contributed by atoms with van der Waals surface area (Å²) in [4.78, 5) is 46.2. The molecule has 1 saturated heterocycles. The zero-order valence-electron chi connectivity index (χ0n) is 19.7. The fraction of sp³-hybridized carbons (Fsp3) is 0.636. The maximum absolute atomic E-state index is 11.9. The van der Waals surface area contributed by atoms with Crippen molar-refractivity contribution in [1.29, 1.82) is 0 Å². The summed E-state index contributed by atoms with van der Waals surface area (Å²) in [6.45, 7) is 6.25. The smallest absolute Gasteiger partial charge is 0.342 e. The van der Waals surface area contributed by atoms with E-state index in [4.69, 9.17) is 14.2 Å². The van der Waals surface area contributed by atoms with Crippen molar-refractivity contribution in [1.82, 2.24) is 10.6 Å². The van der Waals surface area contributed by atoms with Gasteiger partial charge in [0.25, 0.3) is 0 Å². The molecule has 1 unspecified atom stereocenters. The lowest BCUT2D eigenvalue weighted by molar-refractivity contribution is -0.270. The third-order valence-electron chi connectivity index (χ3n) is 5.44. The molecule has 13 nitrogen and oxygen atoms in total. The fourth-order valence-corrected chi connectivity index (χ4v) is 3.47. The number of cyclic esters (lactones) is 2. The lowest BCUT2D eigenvalue weighted by Crippen LogP contribution is -2.64. The Labute approximate surface area is 202 Å². The van der Waals surface area contributed by atoms with Crippen LogP contribution in [0.4, 0.5) is 0 Å². The average molecular weight is 501 g/mol. The van der Waals surface area contributed by atoms with Crippen LogP contribution in [0.25, 0.3) is 0 Å². The molecule has 2 rings (SSSR count). The van der Waals surface area contributed by atoms with Crippen molar-refractivity contribution in [3.8, 4) is 0 Å². The molecule has 0 spiro atoms. The quantitative estimate of drug-likeness (QED) is 0.0827. The highest BCUT2D eigenvalue weighted by Gasteiger charge is 2.45. The zero-order valence-corrected chi connectivity index (χ0v) is 19.7. The van der Waals surface area contributed by atoms with Crippen molar-refractivity contribution in [2.24, 2.45) is 0 Å². The first-order valence-corrected chi connectivity index (χ1v) is 11.1. The summed E-state index contributed by atoms with van der Waals surface area (Å²) in [5.74, 6) is -1.85. The van der Waals surface area contributed by atoms with Gasteiger partial charge in [-0.2, -0.15) is 0 Å². The van der Waals surface area contributed by atoms with E-state index in [2.05, 4.69) is 21.9 Å². The van der Waals surface area contributed by atoms with E-state index < -0.39 is 55.1 Å². The standard InChI is InChI=1S/C22H32N2O11/c1-11(32-9-7-23-16(27)5-4-14-12(2)20(30)35-21(14)31)6-8-33-22-17(24-13(3)26)19(29)18(28)15(10-25)34-22/h15,17-19,22,25,28-29H,1,4-10H2,2-3H3,(H,23,27)(H,24,26)/t15-,17-,18+,19-,22?/m1/s1. The maximum atomic E-state index is 11.9. The topological polar surface area (TPSA) is 190 Å². The van der Waals surface area contributed by atoms with E-state index in [0.29, 0.717) is 5.76 Å². The molecule has 0 radical (unpaired) electrons. The normalized spacial score (nSPS) is 26.4. The van der Waals surface area contributed by atoms with Crippen LogP contribution in [0.2, 0.25) is 0 Å². The molecule has 13 heteroatoms. The summed E-state index contributed by atoms with van der Waals surface area (Å²) in [5.41, 5.74) is 0.411. The Bertz CT molecular complexity index is 856. The van der Waals surface area contributed by atoms with Crippen molar-refractivity contribution in [3.05, 3.63) is 23.5 Å². The van der Waals surface area contributed by atoms with Crippen molar-refractivity contribution in [2.45, 2.75) is 63.8 Å². The Morgan fingerprint density at radius 1 is 1.11 bits per heavy atom. The minimum absolute atomic E-state index is 0.01000. The molecule has 5 atom stereocenters. The van der Waals surface area contributed by atoms with Crippen LogP contribution in [0.1, 0.15) is 33.1 Å². The van der Waals surface area contributed by atoms with Gasteiger partial charge in [-0.1, -0.05) is 6.58 Å². The molecule has 0 aromatic heterocycles. The minimum atomic E-state index is -1.40. The van der Waals surface area contributed by atoms with E-state index in [-0.39, 0.29) is 56.1 Å². The van der Waals surface area contributed by atoms with E-state index in [9.17, 15) is 34.5 Å². The van der Waals surface area contributed by atoms with Crippen LogP contribution in [-0.2, 0) is 38.1 Å². The molecule has 0 aromatic rings. The van der Waals surface area contributed by atoms with Crippen LogP contribution >= 0.6 is 0 Å². The predicted octanol–water partition coefficient (Wildman–Crippen LogP) is -1.84. The van der Waals surface area contributed by atoms with Crippen molar-refractivity contribution < 1.29 is 53.4 Å². The Hall–Kier alpha value is -2.84. The van der Waals surface area contributed by atoms with Gasteiger partial charge in [0.05, 0.1) is 25.5 Å². The van der Waals surface area contributed by atoms with Crippen LogP contribution in [0, 0.1) is 0 Å². The maximum Gasteiger partial charge on any atom is 0.342 e. The van der Waals surface area contributed by atoms with Gasteiger partial charge >= 0.3 is 11.9 Å². The van der Waals surface area contributed by atoms with Gasteiger partial charge in [0, 0.05) is 30.9 Å². The molecule has 2 heterocycles. The number of ether oxygens (including phenoxy) is 4. The number of nitrogens with one attached hydrogen (secondary N) is 2. The SMILES string of the molecule is C=C(CCOC1O[C@H](CO)[C@H](O)[C@H](O)[C@H]1NC(C)=O)OCCNC(=O)CCC1=C(C)C(=O)OC1=O. The van der Waals surface area contributed by atoms with Gasteiger partial charge in [-0.3, -0.25) is 9.59 Å². The molecule has 5 N–H and O–H groups in total. The number of aliphatic hydroxyl groups is 3. The highest BCUT2D eigenvalue weighted by molar-refractivity contribution is 6.12. The highest BCUT2D eigenvalue weighted by atomic mass is 16.7. The second-order valence-corrected chi connectivity index (χ2v) is 8.07. The van der Waals surface area contributed by atoms with Crippen LogP contribution in [0.3, 0.4) is 0 Å². The van der Waals surface area contributed by atoms with Gasteiger partial charge in [0.15, 0.2) is 6.29 Å². The van der Waals surface area contributed by atoms with E-state index in [0.717, 1.165) is 0 Å². The number of aliphatic hydroxyl groups excluding tert-OH is 3. The van der Waals surface area contributed by atoms with Crippen molar-refractivity contribution >= 4 is 23.8 Å². The van der Waals surface area contributed by atoms with Crippen LogP contribution in [-0.4, -0.2) is 96.1 Å². The molecule has 35 heavy (non-hydrogen) atoms. The number of rotatable bonds is 13. The van der Waals surface area contributed by atoms with E-state index >= 15 is 0 Å². The molecule has 196 valence electrons. The minimum Gasteiger partial charge on any atom is -0.497 e. The number of hydrogen-bond acceptors (Lipinski definition) is 11. The molecule has 0 bridgehead atoms. The number of carbonyl (C=O) groups is 4. The molecular formula is C22H32N2O11. The zero-order chi connectivity index (χ0) is 26.1. The second-order valence-electron chi connectivity index (χ2n) is 8.07. The van der Waals surface area contributed by atoms with Crippen LogP contribution < -0.4 is 10.6 Å². The Morgan fingerprint density at radius 3 is 2.43 bits per heavy atom. The van der Waals surface area contributed by atoms with Crippen LogP contribution in [0.5, 0.6) is 0 Å². The van der Waals surface area contributed by atoms with Gasteiger partial charge in [-0.25, -0.2) is 9.59 Å². The summed E-state index contributed by atoms with van der Waals surface area (Å²) in [7, 11) is 0. The molecule has 2 aliphatic rings. The Kier molecular flexibility index (Phi) is 10.8. The first-order valence-electron chi connectivity index (χ1n) is 11.1. The number of carbonyl (C=O) groups excluding carboxylic acids is 4. The molecule has 1 fully saturated rings. The summed E-state index contributed by atoms with van der Waals surface area (Å²) in [5, 5.41) is 34.6. The van der Waals surface area contributed by atoms with E-state index in [1.807, 2.05) is 0 Å². The summed E-state index contributed by atoms with van der Waals surface area (Å²) in [6, 6.07) is -1.04. The highest BCUT2D eigenvalue weighted by Crippen LogP contribution is 2.23. The molecule has 0 aliphatic carbocycles. The number of esters is 2. The molecule has 0 aromatic carbocycles. The third kappa shape index (κ3) is 8.11. The molecule has 2 aliphatic heterocycles. The predicted molar refractivity (Wildman–Crippen MR) is 117 cm³/mol. The lowest BCUT2D eigenvalue weighted by Gasteiger charge is -2.42. The second kappa shape index (κ2) is 13.3. The lowest BCUT2D eigenvalue weighted by atomic mass is 9.97. The van der Waals surface area contributed by atoms with Gasteiger partial charge in [0.1, 0.15) is 31.0 Å². The number of amides is 2. The van der Waals surface area contributed by atoms with Gasteiger partial charge in [0.2, 0.25) is 11.8 Å². The van der Waals surface area contributed by atoms with Gasteiger partial charge < -0.3 is 44.9 Å². The molecule has 2 amide bonds. The summed E-state index contributed by atoms with van der Waals surface area (Å²) in [6.07, 6.45) is -4.67. The third-order valence-corrected chi connectivity index (χ3v) is 5.44. The first kappa shape index (κ1) is 28.4. The average Bonchev–Trinajstić information content (AvgIpc) is 3.04. The monoisotopic (exact) mass is 500 g/mol. The van der Waals surface area contributed by atoms with Crippen molar-refractivity contribution in [2.75, 3.05) is 26.4 Å². The fourth-order valence-electron chi connectivity index (χ4n) is 3.47. The first-order chi connectivity index (χ1) is 16.5. The largest absolute Gasteiger partial charge is 0.497 e. The van der Waals surface area contributed by atoms with Gasteiger partial charge in [-0.05, 0) is 13.3 Å². The molecule has 0 saturated carbocycles. The Balaban J connectivity index is 1.66. The van der Waals surface area contributed by atoms with Gasteiger partial charge in [-0.15, -0.1) is 0 Å². The van der Waals surface area contributed by atoms with Crippen molar-refractivity contribution in [3.63, 3.8) is 0 Å². The molecular weight excluding hydrogens is 468 g/mol. The van der Waals surface area contributed by atoms with E-state index in [1.54, 1.807) is 0 Å². The van der Waals surface area contributed by atoms with E-state index in [1.165, 1.54) is 13.8 Å². The number of hydrogen-bond donors (Lipinski definition) is 5. The van der Waals surface area contributed by atoms with Crippen LogP contribution in [0.15, 0.2) is 23.5 Å². The summed E-state index contributed by atoms with van der Waals surface area (Å²) >= 11 is 0. The summed E-state index contributed by atoms with van der Waals surface area (Å²) < 4.78 is 20.9.